The second-order valence-corrected chi connectivity index (χ2v) is 15.1. The van der Waals surface area contributed by atoms with Crippen molar-refractivity contribution in [2.75, 3.05) is 26.2 Å². The normalized spacial score (nSPS) is 20.9. The van der Waals surface area contributed by atoms with E-state index >= 15 is 4.39 Å². The molecule has 2 atom stereocenters. The van der Waals surface area contributed by atoms with Crippen LogP contribution < -0.4 is 9.47 Å². The van der Waals surface area contributed by atoms with E-state index in [0.717, 1.165) is 5.56 Å². The molecule has 0 radical (unpaired) electrons. The molecule has 0 N–H and O–H groups in total. The lowest BCUT2D eigenvalue weighted by Gasteiger charge is -2.34. The van der Waals surface area contributed by atoms with Crippen molar-refractivity contribution in [3.63, 3.8) is 0 Å². The van der Waals surface area contributed by atoms with Crippen molar-refractivity contribution in [2.24, 2.45) is 5.92 Å². The summed E-state index contributed by atoms with van der Waals surface area (Å²) in [5, 5.41) is -0.269. The zero-order chi connectivity index (χ0) is 34.8. The summed E-state index contributed by atoms with van der Waals surface area (Å²) < 4.78 is 87.0. The van der Waals surface area contributed by atoms with Crippen LogP contribution in [0.2, 0.25) is 0 Å². The van der Waals surface area contributed by atoms with Gasteiger partial charge in [-0.3, -0.25) is 19.5 Å². The Morgan fingerprint density at radius 3 is 2.12 bits per heavy atom. The fourth-order valence-electron chi connectivity index (χ4n) is 6.30. The number of pyridine rings is 1. The fourth-order valence-corrected chi connectivity index (χ4v) is 7.95. The lowest BCUT2D eigenvalue weighted by Crippen LogP contribution is -2.42. The number of ketones is 1. The standard InChI is InChI=1S/C35H37F4N3O6S/c36-31-22-41(21-23-1-4-28(5-2-23)48-35(37,38)39)16-13-24(31)19-33(43)25-3-12-32(40-20-25)34(44)42-17-14-27(15-18-42)47-26-6-8-29(9-7-26)49(45,46)30-10-11-30/h1-9,12,20,24,27,30-31H,10-11,13-19,21-22H2/t24?,31-/m1/s1. The summed E-state index contributed by atoms with van der Waals surface area (Å²) in [5.74, 6) is -0.738. The molecular formula is C35H37F4N3O6S. The highest BCUT2D eigenvalue weighted by Crippen LogP contribution is 2.34. The minimum Gasteiger partial charge on any atom is -0.490 e. The second-order valence-electron chi connectivity index (χ2n) is 12.9. The number of hydrogen-bond donors (Lipinski definition) is 0. The molecule has 6 rings (SSSR count). The van der Waals surface area contributed by atoms with Gasteiger partial charge in [0.2, 0.25) is 0 Å². The minimum absolute atomic E-state index is 0.0000288. The summed E-state index contributed by atoms with van der Waals surface area (Å²) in [6.07, 6.45) is -1.75. The van der Waals surface area contributed by atoms with E-state index in [1.807, 2.05) is 4.90 Å². The predicted molar refractivity (Wildman–Crippen MR) is 171 cm³/mol. The average molecular weight is 704 g/mol. The Balaban J connectivity index is 0.933. The number of nitrogens with zero attached hydrogens (tertiary/aromatic N) is 3. The van der Waals surface area contributed by atoms with Crippen molar-refractivity contribution in [1.29, 1.82) is 0 Å². The Morgan fingerprint density at radius 2 is 1.53 bits per heavy atom. The van der Waals surface area contributed by atoms with Gasteiger partial charge in [0.15, 0.2) is 15.6 Å². The monoisotopic (exact) mass is 703 g/mol. The van der Waals surface area contributed by atoms with Crippen molar-refractivity contribution in [3.8, 4) is 11.5 Å². The number of carbonyl (C=O) groups excluding carboxylic acids is 2. The summed E-state index contributed by atoms with van der Waals surface area (Å²) in [6, 6.07) is 15.0. The van der Waals surface area contributed by atoms with E-state index < -0.39 is 28.3 Å². The molecule has 9 nitrogen and oxygen atoms in total. The summed E-state index contributed by atoms with van der Waals surface area (Å²) >= 11 is 0. The van der Waals surface area contributed by atoms with Crippen LogP contribution in [0, 0.1) is 5.92 Å². The van der Waals surface area contributed by atoms with Gasteiger partial charge >= 0.3 is 6.36 Å². The minimum atomic E-state index is -4.77. The number of halogens is 4. The number of likely N-dealkylation sites (tertiary alicyclic amines) is 2. The molecule has 3 aliphatic rings. The first-order chi connectivity index (χ1) is 23.3. The van der Waals surface area contributed by atoms with Crippen molar-refractivity contribution >= 4 is 21.5 Å². The van der Waals surface area contributed by atoms with E-state index in [0.29, 0.717) is 74.5 Å². The number of benzene rings is 2. The van der Waals surface area contributed by atoms with Crippen LogP contribution >= 0.6 is 0 Å². The molecule has 1 aromatic heterocycles. The molecule has 3 aromatic rings. The van der Waals surface area contributed by atoms with Crippen molar-refractivity contribution in [2.45, 2.75) is 73.9 Å². The number of hydrogen-bond acceptors (Lipinski definition) is 8. The maximum Gasteiger partial charge on any atom is 0.573 e. The van der Waals surface area contributed by atoms with Crippen LogP contribution in [0.5, 0.6) is 11.5 Å². The van der Waals surface area contributed by atoms with Gasteiger partial charge in [-0.05, 0) is 85.8 Å². The average Bonchev–Trinajstić information content (AvgIpc) is 3.94. The summed E-state index contributed by atoms with van der Waals surface area (Å²) in [6.45, 7) is 1.90. The van der Waals surface area contributed by atoms with Gasteiger partial charge in [-0.2, -0.15) is 0 Å². The van der Waals surface area contributed by atoms with Crippen molar-refractivity contribution < 1.29 is 45.0 Å². The smallest absolute Gasteiger partial charge is 0.490 e. The Labute approximate surface area is 282 Å². The van der Waals surface area contributed by atoms with E-state index in [-0.39, 0.29) is 47.5 Å². The second kappa shape index (κ2) is 14.4. The molecule has 2 aliphatic heterocycles. The van der Waals surface area contributed by atoms with Gasteiger partial charge in [0.25, 0.3) is 5.91 Å². The van der Waals surface area contributed by atoms with E-state index in [1.54, 1.807) is 35.2 Å². The third-order valence-electron chi connectivity index (χ3n) is 9.22. The van der Waals surface area contributed by atoms with Crippen LogP contribution in [0.3, 0.4) is 0 Å². The Hall–Kier alpha value is -4.04. The quantitative estimate of drug-likeness (QED) is 0.176. The van der Waals surface area contributed by atoms with Crippen LogP contribution in [0.25, 0.3) is 0 Å². The van der Waals surface area contributed by atoms with Gasteiger partial charge in [-0.25, -0.2) is 12.8 Å². The molecule has 262 valence electrons. The van der Waals surface area contributed by atoms with Crippen LogP contribution in [-0.2, 0) is 16.4 Å². The Bertz CT molecular complexity index is 1720. The van der Waals surface area contributed by atoms with Crippen molar-refractivity contribution in [1.82, 2.24) is 14.8 Å². The maximum atomic E-state index is 15.1. The lowest BCUT2D eigenvalue weighted by molar-refractivity contribution is -0.274. The number of Topliss-reactive ketones (excluding diaryl/α,β-unsaturated/α-hetero) is 1. The summed E-state index contributed by atoms with van der Waals surface area (Å²) in [7, 11) is -3.26. The highest BCUT2D eigenvalue weighted by atomic mass is 32.2. The molecule has 3 heterocycles. The molecule has 0 bridgehead atoms. The molecule has 49 heavy (non-hydrogen) atoms. The predicted octanol–water partition coefficient (Wildman–Crippen LogP) is 6.03. The number of piperidine rings is 2. The number of aromatic nitrogens is 1. The fraction of sp³-hybridized carbons (Fsp3) is 0.457. The van der Waals surface area contributed by atoms with Gasteiger partial charge in [0.1, 0.15) is 29.5 Å². The molecular weight excluding hydrogens is 666 g/mol. The SMILES string of the molecule is O=C(CC1CCN(Cc2ccc(OC(F)(F)F)cc2)C[C@H]1F)c1ccc(C(=O)N2CCC(Oc3ccc(S(=O)(=O)C4CC4)cc3)CC2)nc1. The highest BCUT2D eigenvalue weighted by molar-refractivity contribution is 7.92. The van der Waals surface area contributed by atoms with E-state index in [1.165, 1.54) is 36.5 Å². The Morgan fingerprint density at radius 1 is 0.857 bits per heavy atom. The maximum absolute atomic E-state index is 15.1. The van der Waals surface area contributed by atoms with E-state index in [9.17, 15) is 31.2 Å². The molecule has 1 amide bonds. The molecule has 14 heteroatoms. The highest BCUT2D eigenvalue weighted by Gasteiger charge is 2.37. The zero-order valence-electron chi connectivity index (χ0n) is 26.6. The van der Waals surface area contributed by atoms with Crippen LogP contribution in [0.1, 0.15) is 64.9 Å². The number of rotatable bonds is 11. The van der Waals surface area contributed by atoms with E-state index in [2.05, 4.69) is 9.72 Å². The van der Waals surface area contributed by atoms with Crippen molar-refractivity contribution in [3.05, 3.63) is 83.7 Å². The first-order valence-corrected chi connectivity index (χ1v) is 17.9. The number of amides is 1. The zero-order valence-corrected chi connectivity index (χ0v) is 27.5. The van der Waals surface area contributed by atoms with Gasteiger partial charge in [-0.15, -0.1) is 13.2 Å². The molecule has 0 spiro atoms. The summed E-state index contributed by atoms with van der Waals surface area (Å²) in [5.41, 5.74) is 1.23. The largest absolute Gasteiger partial charge is 0.573 e. The number of ether oxygens (including phenoxy) is 2. The number of sulfone groups is 1. The van der Waals surface area contributed by atoms with Crippen LogP contribution in [0.15, 0.2) is 71.8 Å². The molecule has 1 saturated carbocycles. The van der Waals surface area contributed by atoms with Crippen LogP contribution in [0.4, 0.5) is 17.6 Å². The topological polar surface area (TPSA) is 106 Å². The Kier molecular flexibility index (Phi) is 10.3. The van der Waals surface area contributed by atoms with Gasteiger partial charge in [-0.1, -0.05) is 12.1 Å². The molecule has 2 saturated heterocycles. The summed E-state index contributed by atoms with van der Waals surface area (Å²) in [4.78, 5) is 34.2. The lowest BCUT2D eigenvalue weighted by atomic mass is 9.88. The van der Waals surface area contributed by atoms with E-state index in [4.69, 9.17) is 4.74 Å². The molecule has 1 unspecified atom stereocenters. The molecule has 2 aromatic carbocycles. The first-order valence-electron chi connectivity index (χ1n) is 16.3. The molecule has 3 fully saturated rings. The van der Waals surface area contributed by atoms with Crippen LogP contribution in [-0.4, -0.2) is 85.0 Å². The third-order valence-corrected chi connectivity index (χ3v) is 11.5. The van der Waals surface area contributed by atoms with Gasteiger partial charge in [0.05, 0.1) is 10.1 Å². The molecule has 1 aliphatic carbocycles. The van der Waals surface area contributed by atoms with Gasteiger partial charge < -0.3 is 14.4 Å². The number of carbonyl (C=O) groups is 2. The van der Waals surface area contributed by atoms with Gasteiger partial charge in [0, 0.05) is 57.2 Å². The third kappa shape index (κ3) is 8.96. The number of alkyl halides is 4. The first kappa shape index (κ1) is 34.8.